The number of carbonyl (C=O) groups is 1. The molecule has 2 saturated heterocycles. The van der Waals surface area contributed by atoms with Crippen LogP contribution in [0.2, 0.25) is 0 Å². The highest BCUT2D eigenvalue weighted by molar-refractivity contribution is 7.91. The average Bonchev–Trinajstić information content (AvgIpc) is 3.45. The summed E-state index contributed by atoms with van der Waals surface area (Å²) in [7, 11) is -3.42. The summed E-state index contributed by atoms with van der Waals surface area (Å²) in [5.41, 5.74) is 0.671. The van der Waals surface area contributed by atoms with Gasteiger partial charge in [-0.3, -0.25) is 0 Å². The molecule has 0 aliphatic carbocycles. The van der Waals surface area contributed by atoms with Gasteiger partial charge in [-0.05, 0) is 31.0 Å². The first kappa shape index (κ1) is 19.1. The van der Waals surface area contributed by atoms with Crippen LogP contribution < -0.4 is 10.6 Å². The number of anilines is 1. The van der Waals surface area contributed by atoms with E-state index in [9.17, 15) is 13.2 Å². The molecule has 11 heteroatoms. The largest absolute Gasteiger partial charge is 0.352 e. The molecule has 0 spiro atoms. The molecule has 0 bridgehead atoms. The summed E-state index contributed by atoms with van der Waals surface area (Å²) in [6.07, 6.45) is 3.47. The Morgan fingerprint density at radius 1 is 1.18 bits per heavy atom. The second-order valence-corrected chi connectivity index (χ2v) is 9.89. The molecule has 0 saturated carbocycles. The van der Waals surface area contributed by atoms with Gasteiger partial charge in [0.15, 0.2) is 0 Å². The van der Waals surface area contributed by atoms with Crippen molar-refractivity contribution in [2.45, 2.75) is 17.1 Å². The topological polar surface area (TPSA) is 108 Å². The van der Waals surface area contributed by atoms with Crippen molar-refractivity contribution in [3.63, 3.8) is 0 Å². The highest BCUT2D eigenvalue weighted by Crippen LogP contribution is 2.32. The monoisotopic (exact) mass is 422 g/mol. The van der Waals surface area contributed by atoms with Crippen molar-refractivity contribution in [1.82, 2.24) is 24.5 Å². The molecule has 2 aromatic heterocycles. The molecule has 2 aliphatic heterocycles. The third-order valence-corrected chi connectivity index (χ3v) is 8.23. The quantitative estimate of drug-likeness (QED) is 0.699. The highest BCUT2D eigenvalue weighted by Gasteiger charge is 2.28. The number of hydrogen-bond donors (Lipinski definition) is 2. The second kappa shape index (κ2) is 8.02. The summed E-state index contributed by atoms with van der Waals surface area (Å²) >= 11 is 1.22. The third kappa shape index (κ3) is 3.96. The van der Waals surface area contributed by atoms with Gasteiger partial charge in [0, 0.05) is 45.5 Å². The van der Waals surface area contributed by atoms with Crippen LogP contribution in [0.4, 0.5) is 10.7 Å². The van der Waals surface area contributed by atoms with E-state index in [1.807, 2.05) is 0 Å². The maximum absolute atomic E-state index is 12.7. The molecule has 150 valence electrons. The van der Waals surface area contributed by atoms with Crippen LogP contribution in [0, 0.1) is 0 Å². The maximum Gasteiger partial charge on any atom is 0.317 e. The minimum Gasteiger partial charge on any atom is -0.352 e. The van der Waals surface area contributed by atoms with Gasteiger partial charge in [-0.2, -0.15) is 4.31 Å². The fourth-order valence-electron chi connectivity index (χ4n) is 3.26. The standard InChI is InChI=1S/C17H22N6O3S2/c24-17-20-8-12-22(17)11-7-19-16-18-6-5-13(21-16)14-3-4-15(27-14)28(25,26)23-9-1-2-10-23/h3-6H,1-2,7-12H2,(H,20,24)(H,18,19,21). The van der Waals surface area contributed by atoms with Crippen LogP contribution in [0.5, 0.6) is 0 Å². The molecule has 4 heterocycles. The lowest BCUT2D eigenvalue weighted by Crippen LogP contribution is -2.32. The van der Waals surface area contributed by atoms with Crippen LogP contribution in [0.25, 0.3) is 10.6 Å². The number of nitrogens with zero attached hydrogens (tertiary/aromatic N) is 4. The number of thiophene rings is 1. The molecule has 0 radical (unpaired) electrons. The van der Waals surface area contributed by atoms with Crippen LogP contribution >= 0.6 is 11.3 Å². The Kier molecular flexibility index (Phi) is 5.47. The summed E-state index contributed by atoms with van der Waals surface area (Å²) in [5.74, 6) is 0.453. The molecule has 2 fully saturated rings. The Morgan fingerprint density at radius 3 is 2.75 bits per heavy atom. The predicted octanol–water partition coefficient (Wildman–Crippen LogP) is 1.43. The zero-order valence-electron chi connectivity index (χ0n) is 15.3. The van der Waals surface area contributed by atoms with Crippen molar-refractivity contribution in [2.24, 2.45) is 0 Å². The Hall–Kier alpha value is -2.24. The molecular formula is C17H22N6O3S2. The number of hydrogen-bond acceptors (Lipinski definition) is 7. The predicted molar refractivity (Wildman–Crippen MR) is 107 cm³/mol. The van der Waals surface area contributed by atoms with Crippen molar-refractivity contribution >= 4 is 33.3 Å². The average molecular weight is 423 g/mol. The lowest BCUT2D eigenvalue weighted by molar-refractivity contribution is 0.219. The highest BCUT2D eigenvalue weighted by atomic mass is 32.2. The minimum atomic E-state index is -3.42. The van der Waals surface area contributed by atoms with E-state index in [-0.39, 0.29) is 6.03 Å². The number of sulfonamides is 1. The molecule has 2 aliphatic rings. The van der Waals surface area contributed by atoms with Gasteiger partial charge in [-0.1, -0.05) is 0 Å². The van der Waals surface area contributed by atoms with E-state index in [0.29, 0.717) is 55.1 Å². The normalized spacial score (nSPS) is 17.9. The third-order valence-electron chi connectivity index (χ3n) is 4.76. The molecule has 2 amide bonds. The molecule has 0 unspecified atom stereocenters. The maximum atomic E-state index is 12.7. The Bertz CT molecular complexity index is 955. The number of carbonyl (C=O) groups excluding carboxylic acids is 1. The van der Waals surface area contributed by atoms with E-state index >= 15 is 0 Å². The van der Waals surface area contributed by atoms with Crippen molar-refractivity contribution in [2.75, 3.05) is 44.6 Å². The Morgan fingerprint density at radius 2 is 2.00 bits per heavy atom. The Labute approximate surface area is 167 Å². The number of amides is 2. The van der Waals surface area contributed by atoms with Crippen LogP contribution in [0.15, 0.2) is 28.6 Å². The van der Waals surface area contributed by atoms with Crippen LogP contribution in [-0.4, -0.2) is 72.9 Å². The minimum absolute atomic E-state index is 0.0539. The summed E-state index contributed by atoms with van der Waals surface area (Å²) in [6, 6.07) is 5.14. The van der Waals surface area contributed by atoms with E-state index in [1.54, 1.807) is 33.6 Å². The zero-order valence-corrected chi connectivity index (χ0v) is 16.9. The molecule has 0 aromatic carbocycles. The summed E-state index contributed by atoms with van der Waals surface area (Å²) in [5, 5.41) is 5.88. The SMILES string of the molecule is O=C1NCCN1CCNc1nccc(-c2ccc(S(=O)(=O)N3CCCC3)s2)n1. The van der Waals surface area contributed by atoms with Crippen LogP contribution in [-0.2, 0) is 10.0 Å². The summed E-state index contributed by atoms with van der Waals surface area (Å²) in [4.78, 5) is 22.7. The fraction of sp³-hybridized carbons (Fsp3) is 0.471. The smallest absolute Gasteiger partial charge is 0.317 e. The van der Waals surface area contributed by atoms with E-state index in [0.717, 1.165) is 17.7 Å². The van der Waals surface area contributed by atoms with Crippen molar-refractivity contribution in [1.29, 1.82) is 0 Å². The first-order valence-corrected chi connectivity index (χ1v) is 11.5. The number of urea groups is 1. The first-order chi connectivity index (χ1) is 13.5. The van der Waals surface area contributed by atoms with Gasteiger partial charge in [-0.25, -0.2) is 23.2 Å². The van der Waals surface area contributed by atoms with E-state index in [4.69, 9.17) is 0 Å². The van der Waals surface area contributed by atoms with Crippen LogP contribution in [0.1, 0.15) is 12.8 Å². The van der Waals surface area contributed by atoms with Gasteiger partial charge in [0.05, 0.1) is 10.6 Å². The summed E-state index contributed by atoms with van der Waals surface area (Å²) < 4.78 is 27.3. The number of aromatic nitrogens is 2. The van der Waals surface area contributed by atoms with Gasteiger partial charge in [0.1, 0.15) is 4.21 Å². The molecule has 9 nitrogen and oxygen atoms in total. The van der Waals surface area contributed by atoms with Gasteiger partial charge < -0.3 is 15.5 Å². The van der Waals surface area contributed by atoms with Crippen molar-refractivity contribution < 1.29 is 13.2 Å². The molecule has 2 N–H and O–H groups in total. The molecule has 2 aromatic rings. The molecule has 0 atom stereocenters. The van der Waals surface area contributed by atoms with Crippen molar-refractivity contribution in [3.8, 4) is 10.6 Å². The van der Waals surface area contributed by atoms with E-state index < -0.39 is 10.0 Å². The molecular weight excluding hydrogens is 400 g/mol. The second-order valence-electron chi connectivity index (χ2n) is 6.64. The molecule has 28 heavy (non-hydrogen) atoms. The van der Waals surface area contributed by atoms with Gasteiger partial charge >= 0.3 is 6.03 Å². The van der Waals surface area contributed by atoms with Gasteiger partial charge in [0.2, 0.25) is 5.95 Å². The Balaban J connectivity index is 1.43. The van der Waals surface area contributed by atoms with E-state index in [1.165, 1.54) is 11.3 Å². The van der Waals surface area contributed by atoms with E-state index in [2.05, 4.69) is 20.6 Å². The number of nitrogens with one attached hydrogen (secondary N) is 2. The van der Waals surface area contributed by atoms with Crippen LogP contribution in [0.3, 0.4) is 0 Å². The first-order valence-electron chi connectivity index (χ1n) is 9.24. The summed E-state index contributed by atoms with van der Waals surface area (Å²) in [6.45, 7) is 3.65. The lowest BCUT2D eigenvalue weighted by atomic mass is 10.3. The lowest BCUT2D eigenvalue weighted by Gasteiger charge is -2.14. The fourth-order valence-corrected chi connectivity index (χ4v) is 6.21. The number of rotatable bonds is 7. The molecule has 4 rings (SSSR count). The zero-order chi connectivity index (χ0) is 19.6. The van der Waals surface area contributed by atoms with Gasteiger partial charge in [0.25, 0.3) is 10.0 Å². The van der Waals surface area contributed by atoms with Crippen molar-refractivity contribution in [3.05, 3.63) is 24.4 Å². The van der Waals surface area contributed by atoms with Gasteiger partial charge in [-0.15, -0.1) is 11.3 Å².